The lowest BCUT2D eigenvalue weighted by molar-refractivity contribution is 1.07. The molecule has 9 heteroatoms. The summed E-state index contributed by atoms with van der Waals surface area (Å²) in [6.07, 6.45) is 0. The number of benzene rings is 26. The molecule has 0 N–H and O–H groups in total. The summed E-state index contributed by atoms with van der Waals surface area (Å²) in [5.74, 6) is 5.80. The molecule has 0 fully saturated rings. The van der Waals surface area contributed by atoms with E-state index in [0.29, 0.717) is 52.4 Å². The van der Waals surface area contributed by atoms with Crippen LogP contribution in [0, 0.1) is 0 Å². The van der Waals surface area contributed by atoms with Crippen LogP contribution in [0.3, 0.4) is 0 Å². The quantitative estimate of drug-likeness (QED) is 0.0981. The third-order valence-electron chi connectivity index (χ3n) is 29.1. The second-order valence-corrected chi connectivity index (χ2v) is 37.9. The number of hydrogen-bond donors (Lipinski definition) is 0. The highest BCUT2D eigenvalue weighted by Crippen LogP contribution is 2.49. The van der Waals surface area contributed by atoms with Crippen LogP contribution in [0.25, 0.3) is 287 Å². The summed E-state index contributed by atoms with van der Waals surface area (Å²) in [7, 11) is 0. The van der Waals surface area contributed by atoms with Gasteiger partial charge in [0.1, 0.15) is 0 Å². The minimum absolute atomic E-state index is 0.634. The normalized spacial score (nSPS) is 11.5. The molecule has 0 saturated heterocycles. The Morgan fingerprint density at radius 2 is 0.247 bits per heavy atom. The van der Waals surface area contributed by atoms with Gasteiger partial charge in [-0.25, -0.2) is 44.9 Å². The highest BCUT2D eigenvalue weighted by Gasteiger charge is 2.25. The second-order valence-electron chi connectivity index (χ2n) is 37.9. The van der Waals surface area contributed by atoms with E-state index < -0.39 is 0 Å². The molecule has 0 aliphatic carbocycles. The number of fused-ring (bicyclic) bond motifs is 24. The summed E-state index contributed by atoms with van der Waals surface area (Å²) in [5, 5.41) is 30.3. The van der Waals surface area contributed by atoms with Gasteiger partial charge in [-0.3, -0.25) is 0 Å². The van der Waals surface area contributed by atoms with Gasteiger partial charge in [0.05, 0.1) is 0 Å². The fraction of sp³-hybridized carbons (Fsp3) is 0. The van der Waals surface area contributed by atoms with Crippen LogP contribution < -0.4 is 0 Å². The average Bonchev–Trinajstić information content (AvgIpc) is 0.724. The molecule has 0 aliphatic heterocycles. The van der Waals surface area contributed by atoms with Gasteiger partial charge in [-0.1, -0.05) is 497 Å². The van der Waals surface area contributed by atoms with E-state index in [1.165, 1.54) is 146 Å². The molecule has 0 atom stereocenters. The minimum atomic E-state index is 0.634. The first kappa shape index (κ1) is 88.8. The summed E-state index contributed by atoms with van der Waals surface area (Å²) in [4.78, 5) is 45.5. The van der Waals surface area contributed by atoms with Crippen LogP contribution in [0.15, 0.2) is 540 Å². The average molecular weight is 1910 g/mol. The van der Waals surface area contributed by atoms with Crippen LogP contribution in [0.1, 0.15) is 0 Å². The molecule has 3 heterocycles. The first-order valence-electron chi connectivity index (χ1n) is 50.8. The molecule has 0 unspecified atom stereocenters. The predicted octanol–water partition coefficient (Wildman–Crippen LogP) is 36.8. The molecular weight excluding hydrogens is 1820 g/mol. The van der Waals surface area contributed by atoms with E-state index in [4.69, 9.17) is 44.9 Å². The van der Waals surface area contributed by atoms with E-state index in [-0.39, 0.29) is 0 Å². The van der Waals surface area contributed by atoms with Crippen molar-refractivity contribution in [1.29, 1.82) is 0 Å². The molecule has 698 valence electrons. The SMILES string of the molecule is c1ccc(-c2cccc(-c3nc(-c4ccccc4)nc(-c4cccc(-c5cc6c7ccccc7c7ccccc7c6c6ccccc56)c4)n3)c2)cc1.c1ccc(-c2nc(-c3cccc(-c4cc5c6ccccc6c6ccccc6c5c5ccccc45)c3)nc(-c3ccccc3-c3ccccc3)n2)cc1.c1ccc(-c2nc(-c3ccccc3)nc(-c3cccc(-c4cc5c6ccccc6c6ccccc6c5c5ccccc45)c3)n2)cc1. The van der Waals surface area contributed by atoms with E-state index in [0.717, 1.165) is 89.0 Å². The lowest BCUT2D eigenvalue weighted by Crippen LogP contribution is -2.01. The molecule has 3 aromatic heterocycles. The Hall–Kier alpha value is -20.1. The Labute approximate surface area is 866 Å². The maximum Gasteiger partial charge on any atom is 0.164 e. The van der Waals surface area contributed by atoms with Crippen LogP contribution in [-0.4, -0.2) is 44.9 Å². The molecule has 0 bridgehead atoms. The van der Waals surface area contributed by atoms with Crippen LogP contribution in [0.2, 0.25) is 0 Å². The van der Waals surface area contributed by atoms with Gasteiger partial charge in [-0.2, -0.15) is 0 Å². The minimum Gasteiger partial charge on any atom is -0.208 e. The van der Waals surface area contributed by atoms with Gasteiger partial charge in [0.15, 0.2) is 52.4 Å². The van der Waals surface area contributed by atoms with Crippen molar-refractivity contribution in [3.8, 4) is 158 Å². The lowest BCUT2D eigenvalue weighted by Gasteiger charge is -2.16. The van der Waals surface area contributed by atoms with Crippen molar-refractivity contribution < 1.29 is 0 Å². The fourth-order valence-electron chi connectivity index (χ4n) is 22.1. The maximum atomic E-state index is 5.19. The summed E-state index contributed by atoms with van der Waals surface area (Å²) < 4.78 is 0. The Morgan fingerprint density at radius 1 is 0.0800 bits per heavy atom. The predicted molar refractivity (Wildman–Crippen MR) is 626 cm³/mol. The summed E-state index contributed by atoms with van der Waals surface area (Å²) in [6.45, 7) is 0. The molecule has 0 spiro atoms. The summed E-state index contributed by atoms with van der Waals surface area (Å²) in [5.41, 5.74) is 19.9. The zero-order chi connectivity index (χ0) is 99.3. The molecule has 9 nitrogen and oxygen atoms in total. The molecule has 0 amide bonds. The Bertz CT molecular complexity index is 10300. The number of aromatic nitrogens is 9. The fourth-order valence-corrected chi connectivity index (χ4v) is 22.1. The first-order valence-corrected chi connectivity index (χ1v) is 50.8. The van der Waals surface area contributed by atoms with Gasteiger partial charge >= 0.3 is 0 Å². The molecule has 29 aromatic rings. The largest absolute Gasteiger partial charge is 0.208 e. The standard InChI is InChI=1S/2C49H31N3.C43H27N3/c1-3-16-32(17-4-1)36-22-7-14-29-43(36)49-51-47(33-18-5-2-6-19-33)50-48(52-49)35-21-15-20-34(30-35)44-31-45-39-25-9-8-23-37(39)38-24-10-12-27-41(38)46(45)42-28-13-11-26-40(42)44;1-3-15-32(16-4-1)34-19-13-21-36(29-34)48-50-47(33-17-5-2-6-18-33)51-49(52-48)37-22-14-20-35(30-37)44-31-45-40-25-8-7-23-38(40)39-24-9-11-27-42(39)46(45)43-28-12-10-26-41(43)44;1-3-14-28(15-4-1)41-44-42(29-16-5-2-6-17-29)46-43(45-41)31-19-13-18-30(26-31)38-27-39-34-22-8-7-20-32(34)33-21-9-11-24-36(33)40(39)37-25-12-10-23-35(37)38/h2*1-31H;1-27H. The van der Waals surface area contributed by atoms with Crippen LogP contribution in [0.4, 0.5) is 0 Å². The molecule has 0 radical (unpaired) electrons. The van der Waals surface area contributed by atoms with E-state index in [1.807, 2.05) is 115 Å². The van der Waals surface area contributed by atoms with Gasteiger partial charge in [0.25, 0.3) is 0 Å². The molecule has 26 aromatic carbocycles. The van der Waals surface area contributed by atoms with Gasteiger partial charge in [0, 0.05) is 50.1 Å². The van der Waals surface area contributed by atoms with Crippen molar-refractivity contribution in [2.75, 3.05) is 0 Å². The molecule has 0 aliphatic rings. The van der Waals surface area contributed by atoms with Crippen molar-refractivity contribution >= 4 is 129 Å². The van der Waals surface area contributed by atoms with Crippen molar-refractivity contribution in [3.63, 3.8) is 0 Å². The van der Waals surface area contributed by atoms with E-state index in [2.05, 4.69) is 425 Å². The second kappa shape index (κ2) is 38.5. The summed E-state index contributed by atoms with van der Waals surface area (Å²) in [6, 6.07) is 190. The molecule has 29 rings (SSSR count). The number of hydrogen-bond acceptors (Lipinski definition) is 9. The monoisotopic (exact) mass is 1910 g/mol. The number of nitrogens with zero attached hydrogens (tertiary/aromatic N) is 9. The third-order valence-corrected chi connectivity index (χ3v) is 29.1. The molecule has 150 heavy (non-hydrogen) atoms. The van der Waals surface area contributed by atoms with Crippen molar-refractivity contribution in [2.24, 2.45) is 0 Å². The topological polar surface area (TPSA) is 116 Å². The van der Waals surface area contributed by atoms with Crippen LogP contribution in [-0.2, 0) is 0 Å². The highest BCUT2D eigenvalue weighted by molar-refractivity contribution is 6.36. The molecular formula is C141H89N9. The van der Waals surface area contributed by atoms with E-state index >= 15 is 0 Å². The van der Waals surface area contributed by atoms with Crippen LogP contribution in [0.5, 0.6) is 0 Å². The van der Waals surface area contributed by atoms with E-state index in [1.54, 1.807) is 0 Å². The highest BCUT2D eigenvalue weighted by atomic mass is 15.1. The van der Waals surface area contributed by atoms with Gasteiger partial charge in [-0.05, 0) is 227 Å². The smallest absolute Gasteiger partial charge is 0.164 e. The van der Waals surface area contributed by atoms with Gasteiger partial charge < -0.3 is 0 Å². The Kier molecular flexibility index (Phi) is 22.8. The van der Waals surface area contributed by atoms with Gasteiger partial charge in [0.2, 0.25) is 0 Å². The van der Waals surface area contributed by atoms with Crippen molar-refractivity contribution in [3.05, 3.63) is 540 Å². The van der Waals surface area contributed by atoms with Crippen LogP contribution >= 0.6 is 0 Å². The van der Waals surface area contributed by atoms with Crippen molar-refractivity contribution in [2.45, 2.75) is 0 Å². The van der Waals surface area contributed by atoms with Gasteiger partial charge in [-0.15, -0.1) is 0 Å². The first-order chi connectivity index (χ1) is 74.4. The zero-order valence-electron chi connectivity index (χ0n) is 81.4. The molecule has 0 saturated carbocycles. The Balaban J connectivity index is 0.000000111. The number of rotatable bonds is 14. The Morgan fingerprint density at radius 3 is 0.520 bits per heavy atom. The summed E-state index contributed by atoms with van der Waals surface area (Å²) >= 11 is 0. The zero-order valence-corrected chi connectivity index (χ0v) is 81.4. The van der Waals surface area contributed by atoms with Crippen molar-refractivity contribution in [1.82, 2.24) is 44.9 Å². The third kappa shape index (κ3) is 16.4. The lowest BCUT2D eigenvalue weighted by atomic mass is 9.87. The van der Waals surface area contributed by atoms with E-state index in [9.17, 15) is 0 Å². The maximum absolute atomic E-state index is 5.19.